The van der Waals surface area contributed by atoms with E-state index in [4.69, 9.17) is 13.9 Å². The third kappa shape index (κ3) is 3.12. The van der Waals surface area contributed by atoms with E-state index in [-0.39, 0.29) is 17.8 Å². The summed E-state index contributed by atoms with van der Waals surface area (Å²) in [6, 6.07) is 3.52. The number of rotatable bonds is 4. The fourth-order valence-electron chi connectivity index (χ4n) is 2.78. The van der Waals surface area contributed by atoms with E-state index in [1.54, 1.807) is 12.1 Å². The minimum atomic E-state index is -1.41. The number of aliphatic hydroxyl groups is 3. The second-order valence-corrected chi connectivity index (χ2v) is 6.54. The highest BCUT2D eigenvalue weighted by Crippen LogP contribution is 2.39. The maximum Gasteiger partial charge on any atom is 0.234 e. The van der Waals surface area contributed by atoms with Crippen molar-refractivity contribution in [2.75, 3.05) is 19.4 Å². The maximum absolute atomic E-state index is 12.1. The molecule has 9 heteroatoms. The van der Waals surface area contributed by atoms with Crippen LogP contribution in [0.1, 0.15) is 11.1 Å². The van der Waals surface area contributed by atoms with Crippen LogP contribution in [-0.2, 0) is 14.3 Å². The first-order chi connectivity index (χ1) is 11.0. The van der Waals surface area contributed by atoms with E-state index in [1.807, 2.05) is 0 Å². The molecule has 0 radical (unpaired) electrons. The molecule has 6 atom stereocenters. The van der Waals surface area contributed by atoms with E-state index in [1.165, 1.54) is 30.0 Å². The van der Waals surface area contributed by atoms with Crippen LogP contribution in [-0.4, -0.2) is 76.2 Å². The van der Waals surface area contributed by atoms with E-state index in [0.29, 0.717) is 11.5 Å². The first-order valence-corrected chi connectivity index (χ1v) is 8.24. The summed E-state index contributed by atoms with van der Waals surface area (Å²) in [4.78, 5) is 13.7. The Morgan fingerprint density at radius 1 is 1.35 bits per heavy atom. The number of carbonyl (C=O) groups is 1. The number of aliphatic hydroxyl groups excluding tert-OH is 3. The van der Waals surface area contributed by atoms with Gasteiger partial charge in [0.15, 0.2) is 6.29 Å². The van der Waals surface area contributed by atoms with Crippen LogP contribution in [0.25, 0.3) is 0 Å². The summed E-state index contributed by atoms with van der Waals surface area (Å²) in [5, 5.41) is 29.5. The fourth-order valence-corrected chi connectivity index (χ4v) is 3.92. The number of carbonyl (C=O) groups excluding carboxylic acids is 1. The molecular formula is C14H19NO7S. The molecule has 0 spiro atoms. The van der Waals surface area contributed by atoms with Crippen molar-refractivity contribution in [1.82, 2.24) is 4.90 Å². The fraction of sp³-hybridized carbons (Fsp3) is 0.643. The Morgan fingerprint density at radius 3 is 2.78 bits per heavy atom. The summed E-state index contributed by atoms with van der Waals surface area (Å²) >= 11 is 1.42. The zero-order valence-electron chi connectivity index (χ0n) is 12.4. The van der Waals surface area contributed by atoms with Gasteiger partial charge in [0.1, 0.15) is 35.5 Å². The highest BCUT2D eigenvalue weighted by molar-refractivity contribution is 8.00. The number of furan rings is 1. The first kappa shape index (κ1) is 16.7. The Hall–Kier alpha value is -1.10. The molecule has 0 aromatic carbocycles. The summed E-state index contributed by atoms with van der Waals surface area (Å²) in [7, 11) is 1.33. The molecule has 0 saturated carbocycles. The lowest BCUT2D eigenvalue weighted by atomic mass is 9.98. The lowest BCUT2D eigenvalue weighted by Gasteiger charge is -2.41. The monoisotopic (exact) mass is 345 g/mol. The second-order valence-electron chi connectivity index (χ2n) is 5.48. The van der Waals surface area contributed by atoms with E-state index in [2.05, 4.69) is 0 Å². The average molecular weight is 345 g/mol. The topological polar surface area (TPSA) is 113 Å². The van der Waals surface area contributed by atoms with Gasteiger partial charge in [0.05, 0.1) is 18.6 Å². The summed E-state index contributed by atoms with van der Waals surface area (Å²) < 4.78 is 15.8. The normalized spacial score (nSPS) is 38.3. The van der Waals surface area contributed by atoms with Crippen LogP contribution in [0.2, 0.25) is 0 Å². The smallest absolute Gasteiger partial charge is 0.234 e. The van der Waals surface area contributed by atoms with Gasteiger partial charge in [-0.3, -0.25) is 4.79 Å². The lowest BCUT2D eigenvalue weighted by molar-refractivity contribution is -0.291. The van der Waals surface area contributed by atoms with Crippen molar-refractivity contribution in [2.24, 2.45) is 0 Å². The number of methoxy groups -OCH3 is 1. The van der Waals surface area contributed by atoms with Gasteiger partial charge in [-0.15, -0.1) is 11.8 Å². The van der Waals surface area contributed by atoms with Gasteiger partial charge in [0, 0.05) is 7.11 Å². The van der Waals surface area contributed by atoms with Crippen molar-refractivity contribution in [3.63, 3.8) is 0 Å². The Labute approximate surface area is 137 Å². The molecular weight excluding hydrogens is 326 g/mol. The number of hydrogen-bond acceptors (Lipinski definition) is 8. The standard InChI is InChI=1S/C14H19NO7S/c1-20-14-12(19)11(18)10(17)8(22-14)5-15-9(16)6-23-13(15)7-3-2-4-21-7/h2-4,8,10-14,17-19H,5-6H2,1H3/t8-,10-,11+,12-,13+,14+/m1/s1. The van der Waals surface area contributed by atoms with Gasteiger partial charge < -0.3 is 34.1 Å². The molecule has 2 aliphatic heterocycles. The lowest BCUT2D eigenvalue weighted by Crippen LogP contribution is -2.60. The molecule has 23 heavy (non-hydrogen) atoms. The molecule has 3 N–H and O–H groups in total. The van der Waals surface area contributed by atoms with Gasteiger partial charge in [0.25, 0.3) is 0 Å². The van der Waals surface area contributed by atoms with Crippen molar-refractivity contribution in [3.8, 4) is 0 Å². The van der Waals surface area contributed by atoms with Crippen LogP contribution in [0.4, 0.5) is 0 Å². The van der Waals surface area contributed by atoms with Crippen molar-refractivity contribution in [1.29, 1.82) is 0 Å². The van der Waals surface area contributed by atoms with E-state index in [0.717, 1.165) is 0 Å². The summed E-state index contributed by atoms with van der Waals surface area (Å²) in [5.74, 6) is 0.823. The highest BCUT2D eigenvalue weighted by atomic mass is 32.2. The molecule has 3 heterocycles. The Bertz CT molecular complexity index is 537. The SMILES string of the molecule is CO[C@H]1O[C@H](CN2C(=O)CS[C@H]2c2ccco2)[C@@H](O)[C@H](O)[C@H]1O. The second kappa shape index (κ2) is 6.80. The van der Waals surface area contributed by atoms with E-state index >= 15 is 0 Å². The maximum atomic E-state index is 12.1. The number of thioether (sulfide) groups is 1. The first-order valence-electron chi connectivity index (χ1n) is 7.20. The summed E-state index contributed by atoms with van der Waals surface area (Å²) in [6.07, 6.45) is -4.50. The molecule has 0 bridgehead atoms. The minimum absolute atomic E-state index is 0.0575. The number of amides is 1. The minimum Gasteiger partial charge on any atom is -0.466 e. The summed E-state index contributed by atoms with van der Waals surface area (Å²) in [5.41, 5.74) is 0. The van der Waals surface area contributed by atoms with Gasteiger partial charge in [-0.05, 0) is 12.1 Å². The Balaban J connectivity index is 1.75. The summed E-state index contributed by atoms with van der Waals surface area (Å²) in [6.45, 7) is 0.0575. The quantitative estimate of drug-likeness (QED) is 0.657. The average Bonchev–Trinajstić information content (AvgIpc) is 3.18. The van der Waals surface area contributed by atoms with Gasteiger partial charge in [-0.2, -0.15) is 0 Å². The van der Waals surface area contributed by atoms with Gasteiger partial charge >= 0.3 is 0 Å². The Morgan fingerprint density at radius 2 is 2.13 bits per heavy atom. The zero-order chi connectivity index (χ0) is 16.6. The van der Waals surface area contributed by atoms with E-state index in [9.17, 15) is 20.1 Å². The van der Waals surface area contributed by atoms with Crippen molar-refractivity contribution >= 4 is 17.7 Å². The molecule has 0 aliphatic carbocycles. The van der Waals surface area contributed by atoms with Crippen LogP contribution in [0.5, 0.6) is 0 Å². The van der Waals surface area contributed by atoms with Crippen molar-refractivity contribution < 1.29 is 34.0 Å². The third-order valence-corrected chi connectivity index (χ3v) is 5.25. The van der Waals surface area contributed by atoms with Crippen LogP contribution >= 0.6 is 11.8 Å². The Kier molecular flexibility index (Phi) is 4.95. The number of hydrogen-bond donors (Lipinski definition) is 3. The zero-order valence-corrected chi connectivity index (χ0v) is 13.3. The predicted octanol–water partition coefficient (Wildman–Crippen LogP) is -0.692. The predicted molar refractivity (Wildman–Crippen MR) is 79.3 cm³/mol. The molecule has 8 nitrogen and oxygen atoms in total. The molecule has 1 aromatic heterocycles. The molecule has 128 valence electrons. The molecule has 0 unspecified atom stereocenters. The molecule has 1 aromatic rings. The number of nitrogens with zero attached hydrogens (tertiary/aromatic N) is 1. The van der Waals surface area contributed by atoms with Gasteiger partial charge in [-0.1, -0.05) is 0 Å². The van der Waals surface area contributed by atoms with Crippen LogP contribution in [0.3, 0.4) is 0 Å². The van der Waals surface area contributed by atoms with Crippen LogP contribution in [0.15, 0.2) is 22.8 Å². The van der Waals surface area contributed by atoms with Crippen LogP contribution in [0, 0.1) is 0 Å². The van der Waals surface area contributed by atoms with Gasteiger partial charge in [-0.25, -0.2) is 0 Å². The third-order valence-electron chi connectivity index (χ3n) is 4.03. The largest absolute Gasteiger partial charge is 0.466 e. The van der Waals surface area contributed by atoms with Gasteiger partial charge in [0.2, 0.25) is 5.91 Å². The highest BCUT2D eigenvalue weighted by Gasteiger charge is 2.46. The number of ether oxygens (including phenoxy) is 2. The van der Waals surface area contributed by atoms with Crippen molar-refractivity contribution in [2.45, 2.75) is 36.1 Å². The molecule has 3 rings (SSSR count). The molecule has 2 fully saturated rings. The molecule has 2 aliphatic rings. The van der Waals surface area contributed by atoms with Crippen molar-refractivity contribution in [3.05, 3.63) is 24.2 Å². The molecule has 2 saturated heterocycles. The van der Waals surface area contributed by atoms with E-state index < -0.39 is 30.7 Å². The van der Waals surface area contributed by atoms with Crippen LogP contribution < -0.4 is 0 Å². The molecule has 1 amide bonds.